The Labute approximate surface area is 104 Å². The second-order valence-electron chi connectivity index (χ2n) is 3.65. The van der Waals surface area contributed by atoms with E-state index in [4.69, 9.17) is 16.7 Å². The first-order valence-electron chi connectivity index (χ1n) is 5.07. The Morgan fingerprint density at radius 2 is 1.88 bits per heavy atom. The summed E-state index contributed by atoms with van der Waals surface area (Å²) in [6.07, 6.45) is 4.09. The zero-order valence-corrected chi connectivity index (χ0v) is 9.69. The molecule has 1 aromatic heterocycles. The molecule has 17 heavy (non-hydrogen) atoms. The summed E-state index contributed by atoms with van der Waals surface area (Å²) in [5.41, 5.74) is 2.13. The topological polar surface area (TPSA) is 50.2 Å². The van der Waals surface area contributed by atoms with Gasteiger partial charge in [-0.2, -0.15) is 0 Å². The highest BCUT2D eigenvalue weighted by Crippen LogP contribution is 2.19. The summed E-state index contributed by atoms with van der Waals surface area (Å²) in [6.45, 7) is 0. The molecule has 0 aliphatic heterocycles. The average molecular weight is 248 g/mol. The number of carboxylic acids is 1. The van der Waals surface area contributed by atoms with E-state index in [0.717, 1.165) is 11.1 Å². The van der Waals surface area contributed by atoms with Crippen LogP contribution in [0.2, 0.25) is 5.02 Å². The second kappa shape index (κ2) is 4.97. The third kappa shape index (κ3) is 2.82. The fourth-order valence-electron chi connectivity index (χ4n) is 1.58. The molecule has 0 fully saturated rings. The summed E-state index contributed by atoms with van der Waals surface area (Å²) in [5.74, 6) is -1.01. The van der Waals surface area contributed by atoms with E-state index in [9.17, 15) is 4.79 Å². The molecule has 0 radical (unpaired) electrons. The van der Waals surface area contributed by atoms with Crippen molar-refractivity contribution in [3.8, 4) is 0 Å². The molecule has 1 N–H and O–H groups in total. The molecule has 2 aromatic rings. The van der Waals surface area contributed by atoms with Crippen molar-refractivity contribution >= 4 is 17.6 Å². The molecule has 2 rings (SSSR count). The third-order valence-electron chi connectivity index (χ3n) is 2.42. The highest BCUT2D eigenvalue weighted by Gasteiger charge is 2.09. The van der Waals surface area contributed by atoms with E-state index in [1.54, 1.807) is 24.5 Å². The van der Waals surface area contributed by atoms with Gasteiger partial charge in [-0.15, -0.1) is 0 Å². The number of benzene rings is 1. The minimum Gasteiger partial charge on any atom is -0.478 e. The lowest BCUT2D eigenvalue weighted by Gasteiger charge is -2.04. The first-order valence-corrected chi connectivity index (χ1v) is 5.45. The summed E-state index contributed by atoms with van der Waals surface area (Å²) < 4.78 is 0. The van der Waals surface area contributed by atoms with E-state index < -0.39 is 5.97 Å². The van der Waals surface area contributed by atoms with E-state index in [1.165, 1.54) is 0 Å². The normalized spacial score (nSPS) is 10.2. The molecule has 0 unspecified atom stereocenters. The van der Waals surface area contributed by atoms with Crippen LogP contribution in [-0.2, 0) is 6.42 Å². The summed E-state index contributed by atoms with van der Waals surface area (Å²) in [5, 5.41) is 9.22. The number of pyridine rings is 1. The Kier molecular flexibility index (Phi) is 3.40. The van der Waals surface area contributed by atoms with Crippen LogP contribution in [-0.4, -0.2) is 16.1 Å². The van der Waals surface area contributed by atoms with Crippen LogP contribution in [0.3, 0.4) is 0 Å². The minimum atomic E-state index is -1.01. The van der Waals surface area contributed by atoms with Crippen molar-refractivity contribution in [1.82, 2.24) is 4.98 Å². The number of aromatic carboxylic acids is 1. The average Bonchev–Trinajstić information content (AvgIpc) is 2.32. The Morgan fingerprint density at radius 1 is 1.18 bits per heavy atom. The fraction of sp³-hybridized carbons (Fsp3) is 0.0769. The monoisotopic (exact) mass is 247 g/mol. The lowest BCUT2D eigenvalue weighted by Crippen LogP contribution is -1.99. The van der Waals surface area contributed by atoms with Crippen LogP contribution in [0.5, 0.6) is 0 Å². The van der Waals surface area contributed by atoms with Crippen LogP contribution in [0, 0.1) is 0 Å². The van der Waals surface area contributed by atoms with E-state index in [-0.39, 0.29) is 10.6 Å². The van der Waals surface area contributed by atoms with E-state index in [2.05, 4.69) is 4.98 Å². The molecule has 0 spiro atoms. The quantitative estimate of drug-likeness (QED) is 0.907. The molecule has 1 heterocycles. The summed E-state index contributed by atoms with van der Waals surface area (Å²) in [7, 11) is 0. The molecule has 86 valence electrons. The number of rotatable bonds is 3. The van der Waals surface area contributed by atoms with Gasteiger partial charge in [-0.1, -0.05) is 17.7 Å². The highest BCUT2D eigenvalue weighted by molar-refractivity contribution is 6.33. The third-order valence-corrected chi connectivity index (χ3v) is 2.75. The zero-order valence-electron chi connectivity index (χ0n) is 8.93. The van der Waals surface area contributed by atoms with Crippen molar-refractivity contribution in [2.45, 2.75) is 6.42 Å². The van der Waals surface area contributed by atoms with Gasteiger partial charge < -0.3 is 5.11 Å². The Balaban J connectivity index is 2.29. The van der Waals surface area contributed by atoms with E-state index >= 15 is 0 Å². The van der Waals surface area contributed by atoms with Crippen LogP contribution < -0.4 is 0 Å². The van der Waals surface area contributed by atoms with Crippen molar-refractivity contribution in [1.29, 1.82) is 0 Å². The molecule has 0 atom stereocenters. The Morgan fingerprint density at radius 3 is 2.53 bits per heavy atom. The Hall–Kier alpha value is -1.87. The molecule has 0 saturated heterocycles. The molecule has 0 amide bonds. The molecular formula is C13H10ClNO2. The highest BCUT2D eigenvalue weighted by atomic mass is 35.5. The number of carboxylic acid groups (broad SMARTS) is 1. The van der Waals surface area contributed by atoms with Crippen molar-refractivity contribution < 1.29 is 9.90 Å². The SMILES string of the molecule is O=C(O)c1cc(Cc2ccncc2)ccc1Cl. The first kappa shape index (κ1) is 11.6. The largest absolute Gasteiger partial charge is 0.478 e. The van der Waals surface area contributed by atoms with Gasteiger partial charge in [-0.25, -0.2) is 4.79 Å². The molecule has 4 heteroatoms. The first-order chi connectivity index (χ1) is 8.16. The Bertz CT molecular complexity index is 540. The van der Waals surface area contributed by atoms with Crippen LogP contribution in [0.25, 0.3) is 0 Å². The predicted octanol–water partition coefficient (Wildman–Crippen LogP) is 3.02. The minimum absolute atomic E-state index is 0.137. The van der Waals surface area contributed by atoms with Gasteiger partial charge in [0.1, 0.15) is 0 Å². The fourth-order valence-corrected chi connectivity index (χ4v) is 1.78. The molecule has 3 nitrogen and oxygen atoms in total. The van der Waals surface area contributed by atoms with E-state index in [1.807, 2.05) is 18.2 Å². The predicted molar refractivity (Wildman–Crippen MR) is 65.5 cm³/mol. The number of aromatic nitrogens is 1. The lowest BCUT2D eigenvalue weighted by atomic mass is 10.0. The van der Waals surface area contributed by atoms with Crippen LogP contribution in [0.15, 0.2) is 42.7 Å². The summed E-state index contributed by atoms with van der Waals surface area (Å²) in [6, 6.07) is 8.84. The standard InChI is InChI=1S/C13H10ClNO2/c14-12-2-1-10(8-11(12)13(16)17)7-9-3-5-15-6-4-9/h1-6,8H,7H2,(H,16,17). The van der Waals surface area contributed by atoms with Crippen molar-refractivity contribution in [3.63, 3.8) is 0 Å². The number of halogens is 1. The number of hydrogen-bond donors (Lipinski definition) is 1. The van der Waals surface area contributed by atoms with Gasteiger partial charge in [-0.05, 0) is 41.8 Å². The molecular weight excluding hydrogens is 238 g/mol. The van der Waals surface area contributed by atoms with Crippen molar-refractivity contribution in [2.75, 3.05) is 0 Å². The molecule has 0 bridgehead atoms. The summed E-state index contributed by atoms with van der Waals surface area (Å²) >= 11 is 5.80. The van der Waals surface area contributed by atoms with Gasteiger partial charge in [0.15, 0.2) is 0 Å². The number of carbonyl (C=O) groups is 1. The maximum Gasteiger partial charge on any atom is 0.337 e. The van der Waals surface area contributed by atoms with Gasteiger partial charge in [0.25, 0.3) is 0 Å². The number of hydrogen-bond acceptors (Lipinski definition) is 2. The maximum atomic E-state index is 10.9. The second-order valence-corrected chi connectivity index (χ2v) is 4.06. The smallest absolute Gasteiger partial charge is 0.337 e. The van der Waals surface area contributed by atoms with E-state index in [0.29, 0.717) is 6.42 Å². The zero-order chi connectivity index (χ0) is 12.3. The van der Waals surface area contributed by atoms with Gasteiger partial charge in [0.2, 0.25) is 0 Å². The van der Waals surface area contributed by atoms with Crippen LogP contribution in [0.4, 0.5) is 0 Å². The van der Waals surface area contributed by atoms with Crippen LogP contribution in [0.1, 0.15) is 21.5 Å². The van der Waals surface area contributed by atoms with Gasteiger partial charge >= 0.3 is 5.97 Å². The van der Waals surface area contributed by atoms with Crippen molar-refractivity contribution in [2.24, 2.45) is 0 Å². The lowest BCUT2D eigenvalue weighted by molar-refractivity contribution is 0.0697. The molecule has 1 aromatic carbocycles. The van der Waals surface area contributed by atoms with Crippen molar-refractivity contribution in [3.05, 3.63) is 64.4 Å². The maximum absolute atomic E-state index is 10.9. The molecule has 0 saturated carbocycles. The van der Waals surface area contributed by atoms with Crippen LogP contribution >= 0.6 is 11.6 Å². The van der Waals surface area contributed by atoms with Gasteiger partial charge in [0, 0.05) is 12.4 Å². The summed E-state index contributed by atoms with van der Waals surface area (Å²) in [4.78, 5) is 14.9. The molecule has 0 aliphatic carbocycles. The van der Waals surface area contributed by atoms with Gasteiger partial charge in [0.05, 0.1) is 10.6 Å². The molecule has 0 aliphatic rings. The number of nitrogens with zero attached hydrogens (tertiary/aromatic N) is 1. The van der Waals surface area contributed by atoms with Gasteiger partial charge in [-0.3, -0.25) is 4.98 Å².